The first-order valence-electron chi connectivity index (χ1n) is 8.13. The maximum atomic E-state index is 12.4. The smallest absolute Gasteiger partial charge is 0.266 e. The summed E-state index contributed by atoms with van der Waals surface area (Å²) in [6, 6.07) is 3.25. The van der Waals surface area contributed by atoms with E-state index in [0.717, 1.165) is 41.8 Å². The lowest BCUT2D eigenvalue weighted by atomic mass is 9.96. The molecule has 1 fully saturated rings. The molecule has 3 heterocycles. The first kappa shape index (κ1) is 17.9. The Bertz CT molecular complexity index is 797. The second-order valence-corrected chi connectivity index (χ2v) is 8.20. The molecule has 0 unspecified atom stereocenters. The maximum absolute atomic E-state index is 12.4. The fourth-order valence-electron chi connectivity index (χ4n) is 2.68. The summed E-state index contributed by atoms with van der Waals surface area (Å²) < 4.78 is 2.20. The minimum absolute atomic E-state index is 0.00253. The Balaban J connectivity index is 1.54. The number of thioether (sulfide) groups is 1. The van der Waals surface area contributed by atoms with Gasteiger partial charge in [-0.05, 0) is 24.7 Å². The van der Waals surface area contributed by atoms with Crippen LogP contribution in [0.2, 0.25) is 0 Å². The average Bonchev–Trinajstić information content (AvgIpc) is 3.05. The SMILES string of the molecule is CCSc1nnc(NC(=O)C2CCN(c3ccc(=O)n(C)n3)CC2)s1. The van der Waals surface area contributed by atoms with E-state index in [1.165, 1.54) is 22.1 Å². The third-order valence-corrected chi connectivity index (χ3v) is 5.89. The number of amides is 1. The van der Waals surface area contributed by atoms with Gasteiger partial charge in [0.1, 0.15) is 5.82 Å². The highest BCUT2D eigenvalue weighted by atomic mass is 32.2. The quantitative estimate of drug-likeness (QED) is 0.622. The van der Waals surface area contributed by atoms with Crippen LogP contribution in [0.4, 0.5) is 10.9 Å². The van der Waals surface area contributed by atoms with Gasteiger partial charge in [-0.2, -0.15) is 5.10 Å². The highest BCUT2D eigenvalue weighted by Gasteiger charge is 2.26. The van der Waals surface area contributed by atoms with Gasteiger partial charge >= 0.3 is 0 Å². The second kappa shape index (κ2) is 7.96. The zero-order chi connectivity index (χ0) is 17.8. The molecule has 0 saturated carbocycles. The molecule has 134 valence electrons. The second-order valence-electron chi connectivity index (χ2n) is 5.71. The van der Waals surface area contributed by atoms with Crippen molar-refractivity contribution in [3.63, 3.8) is 0 Å². The molecule has 0 atom stereocenters. The third kappa shape index (κ3) is 4.37. The molecule has 1 N–H and O–H groups in total. The van der Waals surface area contributed by atoms with Crippen LogP contribution < -0.4 is 15.8 Å². The summed E-state index contributed by atoms with van der Waals surface area (Å²) in [7, 11) is 1.64. The van der Waals surface area contributed by atoms with E-state index in [-0.39, 0.29) is 17.4 Å². The Morgan fingerprint density at radius 3 is 2.80 bits per heavy atom. The van der Waals surface area contributed by atoms with Crippen LogP contribution in [-0.2, 0) is 11.8 Å². The standard InChI is InChI=1S/C15H20N6O2S2/c1-3-24-15-18-17-14(25-15)16-13(23)10-6-8-21(9-7-10)11-4-5-12(22)20(2)19-11/h4-5,10H,3,6-9H2,1-2H3,(H,16,17,23). The zero-order valence-corrected chi connectivity index (χ0v) is 15.8. The third-order valence-electron chi connectivity index (χ3n) is 4.04. The van der Waals surface area contributed by atoms with Gasteiger partial charge in [0, 0.05) is 32.1 Å². The first-order chi connectivity index (χ1) is 12.1. The number of nitrogens with one attached hydrogen (secondary N) is 1. The van der Waals surface area contributed by atoms with Crippen molar-refractivity contribution in [3.05, 3.63) is 22.5 Å². The number of anilines is 2. The Labute approximate surface area is 153 Å². The van der Waals surface area contributed by atoms with Crippen LogP contribution in [0.1, 0.15) is 19.8 Å². The van der Waals surface area contributed by atoms with E-state index >= 15 is 0 Å². The number of nitrogens with zero attached hydrogens (tertiary/aromatic N) is 5. The van der Waals surface area contributed by atoms with Crippen molar-refractivity contribution in [3.8, 4) is 0 Å². The molecule has 8 nitrogen and oxygen atoms in total. The fraction of sp³-hybridized carbons (Fsp3) is 0.533. The van der Waals surface area contributed by atoms with Crippen LogP contribution in [-0.4, -0.2) is 44.7 Å². The molecule has 0 spiro atoms. The van der Waals surface area contributed by atoms with E-state index in [2.05, 4.69) is 32.4 Å². The lowest BCUT2D eigenvalue weighted by Crippen LogP contribution is -2.39. The number of hydrogen-bond donors (Lipinski definition) is 1. The fourth-order valence-corrected chi connectivity index (χ4v) is 4.33. The monoisotopic (exact) mass is 380 g/mol. The van der Waals surface area contributed by atoms with Gasteiger partial charge in [-0.15, -0.1) is 10.2 Å². The molecule has 0 aromatic carbocycles. The summed E-state index contributed by atoms with van der Waals surface area (Å²) in [5.41, 5.74) is -0.129. The molecule has 0 bridgehead atoms. The average molecular weight is 380 g/mol. The molecule has 0 aliphatic carbocycles. The summed E-state index contributed by atoms with van der Waals surface area (Å²) in [5.74, 6) is 1.65. The van der Waals surface area contributed by atoms with Gasteiger partial charge in [0.25, 0.3) is 5.56 Å². The van der Waals surface area contributed by atoms with Crippen molar-refractivity contribution in [2.45, 2.75) is 24.1 Å². The minimum Gasteiger partial charge on any atom is -0.355 e. The molecule has 2 aromatic rings. The lowest BCUT2D eigenvalue weighted by molar-refractivity contribution is -0.120. The van der Waals surface area contributed by atoms with Crippen LogP contribution in [0.15, 0.2) is 21.3 Å². The van der Waals surface area contributed by atoms with E-state index in [9.17, 15) is 9.59 Å². The normalized spacial score (nSPS) is 15.4. The summed E-state index contributed by atoms with van der Waals surface area (Å²) in [4.78, 5) is 25.9. The number of piperidine rings is 1. The molecule has 0 radical (unpaired) electrons. The molecule has 2 aromatic heterocycles. The van der Waals surface area contributed by atoms with Crippen LogP contribution in [0.3, 0.4) is 0 Å². The van der Waals surface area contributed by atoms with Crippen molar-refractivity contribution in [2.24, 2.45) is 13.0 Å². The van der Waals surface area contributed by atoms with Crippen LogP contribution in [0, 0.1) is 5.92 Å². The molecule has 1 amide bonds. The summed E-state index contributed by atoms with van der Waals surface area (Å²) in [5, 5.41) is 15.8. The summed E-state index contributed by atoms with van der Waals surface area (Å²) in [6.07, 6.45) is 1.48. The van der Waals surface area contributed by atoms with E-state index in [4.69, 9.17) is 0 Å². The van der Waals surface area contributed by atoms with E-state index in [0.29, 0.717) is 5.13 Å². The number of carbonyl (C=O) groups excluding carboxylic acids is 1. The number of carbonyl (C=O) groups is 1. The van der Waals surface area contributed by atoms with Crippen molar-refractivity contribution < 1.29 is 4.79 Å². The molecule has 1 saturated heterocycles. The van der Waals surface area contributed by atoms with Crippen molar-refractivity contribution >= 4 is 40.0 Å². The largest absolute Gasteiger partial charge is 0.355 e. The Kier molecular flexibility index (Phi) is 5.69. The van der Waals surface area contributed by atoms with Gasteiger partial charge in [0.05, 0.1) is 0 Å². The van der Waals surface area contributed by atoms with Gasteiger partial charge in [0.15, 0.2) is 4.34 Å². The molecule has 3 rings (SSSR count). The van der Waals surface area contributed by atoms with Crippen LogP contribution in [0.25, 0.3) is 0 Å². The number of aryl methyl sites for hydroxylation is 1. The molecule has 1 aliphatic rings. The van der Waals surface area contributed by atoms with Crippen LogP contribution in [0.5, 0.6) is 0 Å². The maximum Gasteiger partial charge on any atom is 0.266 e. The van der Waals surface area contributed by atoms with Gasteiger partial charge in [0.2, 0.25) is 11.0 Å². The molecule has 25 heavy (non-hydrogen) atoms. The predicted octanol–water partition coefficient (Wildman–Crippen LogP) is 1.60. The summed E-state index contributed by atoms with van der Waals surface area (Å²) >= 11 is 3.02. The number of aromatic nitrogens is 4. The molecule has 1 aliphatic heterocycles. The van der Waals surface area contributed by atoms with E-state index in [1.807, 2.05) is 0 Å². The van der Waals surface area contributed by atoms with Crippen molar-refractivity contribution in [1.29, 1.82) is 0 Å². The Hall–Kier alpha value is -1.94. The predicted molar refractivity (Wildman–Crippen MR) is 99.4 cm³/mol. The minimum atomic E-state index is -0.129. The van der Waals surface area contributed by atoms with Gasteiger partial charge in [-0.25, -0.2) is 4.68 Å². The van der Waals surface area contributed by atoms with E-state index in [1.54, 1.807) is 24.9 Å². The first-order valence-corrected chi connectivity index (χ1v) is 9.93. The topological polar surface area (TPSA) is 93.0 Å². The van der Waals surface area contributed by atoms with Gasteiger partial charge in [-0.1, -0.05) is 30.0 Å². The Morgan fingerprint density at radius 2 is 2.12 bits per heavy atom. The summed E-state index contributed by atoms with van der Waals surface area (Å²) in [6.45, 7) is 3.52. The number of hydrogen-bond acceptors (Lipinski definition) is 8. The molecular weight excluding hydrogens is 360 g/mol. The Morgan fingerprint density at radius 1 is 1.36 bits per heavy atom. The van der Waals surface area contributed by atoms with E-state index < -0.39 is 0 Å². The molecular formula is C15H20N6O2S2. The van der Waals surface area contributed by atoms with Crippen molar-refractivity contribution in [1.82, 2.24) is 20.0 Å². The molecule has 10 heteroatoms. The number of rotatable bonds is 5. The van der Waals surface area contributed by atoms with Gasteiger partial charge in [-0.3, -0.25) is 9.59 Å². The lowest BCUT2D eigenvalue weighted by Gasteiger charge is -2.31. The van der Waals surface area contributed by atoms with Crippen molar-refractivity contribution in [2.75, 3.05) is 29.1 Å². The highest BCUT2D eigenvalue weighted by molar-refractivity contribution is 8.01. The van der Waals surface area contributed by atoms with Gasteiger partial charge < -0.3 is 10.2 Å². The zero-order valence-electron chi connectivity index (χ0n) is 14.1. The van der Waals surface area contributed by atoms with Crippen LogP contribution >= 0.6 is 23.1 Å². The highest BCUT2D eigenvalue weighted by Crippen LogP contribution is 2.27.